The lowest BCUT2D eigenvalue weighted by Gasteiger charge is -2.29. The topological polar surface area (TPSA) is 75.4 Å². The van der Waals surface area contributed by atoms with E-state index in [0.717, 1.165) is 12.8 Å². The van der Waals surface area contributed by atoms with Crippen molar-refractivity contribution in [3.63, 3.8) is 0 Å². The molecule has 0 unspecified atom stereocenters. The van der Waals surface area contributed by atoms with Gasteiger partial charge in [-0.2, -0.15) is 0 Å². The Morgan fingerprint density at radius 3 is 2.75 bits per heavy atom. The van der Waals surface area contributed by atoms with E-state index in [-0.39, 0.29) is 41.0 Å². The largest absolute Gasteiger partial charge is 0.443 e. The summed E-state index contributed by atoms with van der Waals surface area (Å²) < 4.78 is 19.3. The average Bonchev–Trinajstić information content (AvgIpc) is 3.04. The van der Waals surface area contributed by atoms with Crippen LogP contribution in [0.25, 0.3) is 0 Å². The fourth-order valence-electron chi connectivity index (χ4n) is 3.19. The Kier molecular flexibility index (Phi) is 6.34. The minimum absolute atomic E-state index is 0.00998. The van der Waals surface area contributed by atoms with Gasteiger partial charge in [-0.05, 0) is 37.8 Å². The molecule has 2 heterocycles. The lowest BCUT2D eigenvalue weighted by molar-refractivity contribution is -0.120. The van der Waals surface area contributed by atoms with Crippen molar-refractivity contribution in [1.82, 2.24) is 15.2 Å². The van der Waals surface area contributed by atoms with Gasteiger partial charge in [-0.25, -0.2) is 9.37 Å². The molecule has 1 aromatic carbocycles. The van der Waals surface area contributed by atoms with Crippen molar-refractivity contribution in [2.45, 2.75) is 39.7 Å². The van der Waals surface area contributed by atoms with Crippen molar-refractivity contribution in [2.24, 2.45) is 5.92 Å². The second kappa shape index (κ2) is 8.73. The Morgan fingerprint density at radius 1 is 1.36 bits per heavy atom. The molecule has 2 amide bonds. The number of nitrogens with zero attached hydrogens (tertiary/aromatic N) is 2. The van der Waals surface area contributed by atoms with Gasteiger partial charge in [-0.3, -0.25) is 9.59 Å². The maximum Gasteiger partial charge on any atom is 0.276 e. The number of likely N-dealkylation sites (tertiary alicyclic amines) is 1. The van der Waals surface area contributed by atoms with E-state index in [4.69, 9.17) is 16.0 Å². The number of piperidine rings is 1. The van der Waals surface area contributed by atoms with E-state index in [1.807, 2.05) is 0 Å². The molecule has 6 nitrogen and oxygen atoms in total. The van der Waals surface area contributed by atoms with Gasteiger partial charge in [0.25, 0.3) is 5.91 Å². The van der Waals surface area contributed by atoms with Crippen molar-refractivity contribution in [3.05, 3.63) is 51.9 Å². The minimum Gasteiger partial charge on any atom is -0.443 e. The monoisotopic (exact) mass is 407 g/mol. The van der Waals surface area contributed by atoms with Crippen LogP contribution >= 0.6 is 11.6 Å². The maximum atomic E-state index is 13.8. The third-order valence-electron chi connectivity index (χ3n) is 4.95. The Balaban J connectivity index is 1.59. The van der Waals surface area contributed by atoms with Gasteiger partial charge in [-0.1, -0.05) is 24.6 Å². The molecular formula is C20H23ClFN3O3. The van der Waals surface area contributed by atoms with Crippen LogP contribution in [-0.2, 0) is 17.8 Å². The summed E-state index contributed by atoms with van der Waals surface area (Å²) in [6.45, 7) is 5.29. The standard InChI is InChI=1S/C20H23ClFN3O3/c1-12-6-8-25(9-7-12)20(27)19-13(2)28-18(24-19)11-23-17(26)10-14-15(21)4-3-5-16(14)22/h3-5,12H,6-11H2,1-2H3,(H,23,26). The van der Waals surface area contributed by atoms with Crippen LogP contribution in [0.4, 0.5) is 4.39 Å². The molecule has 0 radical (unpaired) electrons. The number of oxazole rings is 1. The number of halogens is 2. The van der Waals surface area contributed by atoms with Crippen molar-refractivity contribution in [1.29, 1.82) is 0 Å². The van der Waals surface area contributed by atoms with E-state index in [9.17, 15) is 14.0 Å². The molecule has 0 spiro atoms. The van der Waals surface area contributed by atoms with Crippen molar-refractivity contribution in [3.8, 4) is 0 Å². The smallest absolute Gasteiger partial charge is 0.276 e. The van der Waals surface area contributed by atoms with Crippen LogP contribution in [0.1, 0.15) is 47.5 Å². The van der Waals surface area contributed by atoms with Gasteiger partial charge in [0.05, 0.1) is 13.0 Å². The Bertz CT molecular complexity index is 855. The predicted octanol–water partition coefficient (Wildman–Crippen LogP) is 3.51. The molecule has 0 saturated carbocycles. The summed E-state index contributed by atoms with van der Waals surface area (Å²) in [7, 11) is 0. The van der Waals surface area contributed by atoms with E-state index >= 15 is 0 Å². The highest BCUT2D eigenvalue weighted by Crippen LogP contribution is 2.21. The van der Waals surface area contributed by atoms with Crippen LogP contribution in [-0.4, -0.2) is 34.8 Å². The van der Waals surface area contributed by atoms with Crippen LogP contribution in [0.15, 0.2) is 22.6 Å². The third-order valence-corrected chi connectivity index (χ3v) is 5.30. The number of rotatable bonds is 5. The fourth-order valence-corrected chi connectivity index (χ4v) is 3.42. The van der Waals surface area contributed by atoms with Gasteiger partial charge in [-0.15, -0.1) is 0 Å². The molecule has 0 aliphatic carbocycles. The summed E-state index contributed by atoms with van der Waals surface area (Å²) in [6.07, 6.45) is 1.76. The van der Waals surface area contributed by atoms with Crippen molar-refractivity contribution < 1.29 is 18.4 Å². The van der Waals surface area contributed by atoms with Crippen LogP contribution in [0.3, 0.4) is 0 Å². The summed E-state index contributed by atoms with van der Waals surface area (Å²) in [4.78, 5) is 30.8. The number of aryl methyl sites for hydroxylation is 1. The maximum absolute atomic E-state index is 13.8. The van der Waals surface area contributed by atoms with E-state index in [0.29, 0.717) is 24.8 Å². The third kappa shape index (κ3) is 4.70. The van der Waals surface area contributed by atoms with Crippen LogP contribution in [0.2, 0.25) is 5.02 Å². The Labute approximate surface area is 168 Å². The van der Waals surface area contributed by atoms with Crippen molar-refractivity contribution >= 4 is 23.4 Å². The molecule has 28 heavy (non-hydrogen) atoms. The van der Waals surface area contributed by atoms with Crippen molar-refractivity contribution in [2.75, 3.05) is 13.1 Å². The lowest BCUT2D eigenvalue weighted by Crippen LogP contribution is -2.38. The lowest BCUT2D eigenvalue weighted by atomic mass is 9.99. The van der Waals surface area contributed by atoms with E-state index in [1.165, 1.54) is 18.2 Å². The molecule has 1 aromatic heterocycles. The van der Waals surface area contributed by atoms with Crippen LogP contribution in [0.5, 0.6) is 0 Å². The zero-order valence-corrected chi connectivity index (χ0v) is 16.7. The summed E-state index contributed by atoms with van der Waals surface area (Å²) in [5.74, 6) is 0.184. The fraction of sp³-hybridized carbons (Fsp3) is 0.450. The first kappa shape index (κ1) is 20.3. The highest BCUT2D eigenvalue weighted by molar-refractivity contribution is 6.31. The number of amides is 2. The molecule has 8 heteroatoms. The molecule has 3 rings (SSSR count). The Morgan fingerprint density at radius 2 is 2.07 bits per heavy atom. The average molecular weight is 408 g/mol. The Hall–Kier alpha value is -2.41. The zero-order chi connectivity index (χ0) is 20.3. The summed E-state index contributed by atoms with van der Waals surface area (Å²) in [5, 5.41) is 2.82. The number of nitrogens with one attached hydrogen (secondary N) is 1. The molecule has 1 saturated heterocycles. The molecule has 1 aliphatic heterocycles. The van der Waals surface area contributed by atoms with E-state index in [2.05, 4.69) is 17.2 Å². The molecule has 2 aromatic rings. The molecule has 1 aliphatic rings. The predicted molar refractivity (Wildman–Crippen MR) is 103 cm³/mol. The SMILES string of the molecule is Cc1oc(CNC(=O)Cc2c(F)cccc2Cl)nc1C(=O)N1CCC(C)CC1. The summed E-state index contributed by atoms with van der Waals surface area (Å²) >= 11 is 5.94. The molecule has 0 bridgehead atoms. The molecular weight excluding hydrogens is 385 g/mol. The second-order valence-electron chi connectivity index (χ2n) is 7.14. The van der Waals surface area contributed by atoms with Crippen LogP contribution in [0, 0.1) is 18.7 Å². The molecule has 1 N–H and O–H groups in total. The number of carbonyl (C=O) groups excluding carboxylic acids is 2. The number of hydrogen-bond acceptors (Lipinski definition) is 4. The number of hydrogen-bond donors (Lipinski definition) is 1. The van der Waals surface area contributed by atoms with Gasteiger partial charge >= 0.3 is 0 Å². The van der Waals surface area contributed by atoms with Gasteiger partial charge in [0, 0.05) is 23.7 Å². The van der Waals surface area contributed by atoms with Gasteiger partial charge in [0.2, 0.25) is 11.8 Å². The van der Waals surface area contributed by atoms with E-state index in [1.54, 1.807) is 11.8 Å². The highest BCUT2D eigenvalue weighted by atomic mass is 35.5. The second-order valence-corrected chi connectivity index (χ2v) is 7.55. The first-order valence-corrected chi connectivity index (χ1v) is 9.68. The minimum atomic E-state index is -0.529. The van der Waals surface area contributed by atoms with E-state index < -0.39 is 11.7 Å². The van der Waals surface area contributed by atoms with Gasteiger partial charge in [0.15, 0.2) is 5.69 Å². The summed E-state index contributed by atoms with van der Waals surface area (Å²) in [6, 6.07) is 4.27. The number of benzene rings is 1. The molecule has 0 atom stereocenters. The molecule has 150 valence electrons. The summed E-state index contributed by atoms with van der Waals surface area (Å²) in [5.41, 5.74) is 0.413. The van der Waals surface area contributed by atoms with Gasteiger partial charge < -0.3 is 14.6 Å². The quantitative estimate of drug-likeness (QED) is 0.823. The first-order valence-electron chi connectivity index (χ1n) is 9.30. The zero-order valence-electron chi connectivity index (χ0n) is 15.9. The van der Waals surface area contributed by atoms with Crippen LogP contribution < -0.4 is 5.32 Å². The van der Waals surface area contributed by atoms with Gasteiger partial charge in [0.1, 0.15) is 11.6 Å². The highest BCUT2D eigenvalue weighted by Gasteiger charge is 2.26. The first-order chi connectivity index (χ1) is 13.3. The number of aromatic nitrogens is 1. The normalized spacial score (nSPS) is 14.9. The number of carbonyl (C=O) groups is 2. The molecule has 1 fully saturated rings.